The molecule has 5 heteroatoms. The number of aliphatic hydroxyl groups excluding tert-OH is 1. The molecule has 3 nitrogen and oxygen atoms in total. The van der Waals surface area contributed by atoms with Crippen LogP contribution in [0.5, 0.6) is 0 Å². The second-order valence-corrected chi connectivity index (χ2v) is 5.10. The molecule has 0 aliphatic carbocycles. The Morgan fingerprint density at radius 2 is 2.40 bits per heavy atom. The van der Waals surface area contributed by atoms with Crippen LogP contribution < -0.4 is 5.32 Å². The highest BCUT2D eigenvalue weighted by molar-refractivity contribution is 7.99. The fraction of sp³-hybridized carbons (Fsp3) is 0.500. The number of carbonyl (C=O) groups is 1. The predicted octanol–water partition coefficient (Wildman–Crippen LogP) is 1.59. The van der Waals surface area contributed by atoms with Crippen LogP contribution in [0.2, 0.25) is 0 Å². The van der Waals surface area contributed by atoms with Crippen molar-refractivity contribution in [2.24, 2.45) is 0 Å². The molecule has 0 radical (unpaired) electrons. The zero-order chi connectivity index (χ0) is 10.9. The fourth-order valence-corrected chi connectivity index (χ4v) is 2.42. The number of thioether (sulfide) groups is 1. The Labute approximate surface area is 97.9 Å². The summed E-state index contributed by atoms with van der Waals surface area (Å²) < 4.78 is 0. The van der Waals surface area contributed by atoms with E-state index in [4.69, 9.17) is 5.11 Å². The summed E-state index contributed by atoms with van der Waals surface area (Å²) in [6, 6.07) is 3.69. The van der Waals surface area contributed by atoms with Crippen molar-refractivity contribution in [3.63, 3.8) is 0 Å². The van der Waals surface area contributed by atoms with E-state index < -0.39 is 0 Å². The van der Waals surface area contributed by atoms with Gasteiger partial charge in [-0.3, -0.25) is 4.79 Å². The first-order valence-electron chi connectivity index (χ1n) is 4.85. The molecule has 1 amide bonds. The molecular formula is C10H15NO2S2. The van der Waals surface area contributed by atoms with E-state index in [1.807, 2.05) is 17.5 Å². The van der Waals surface area contributed by atoms with Gasteiger partial charge in [-0.05, 0) is 23.6 Å². The lowest BCUT2D eigenvalue weighted by atomic mass is 10.4. The number of aliphatic hydroxyl groups is 1. The predicted molar refractivity (Wildman–Crippen MR) is 65.7 cm³/mol. The lowest BCUT2D eigenvalue weighted by molar-refractivity contribution is 0.0960. The molecule has 0 saturated carbocycles. The molecule has 0 unspecified atom stereocenters. The molecule has 0 saturated heterocycles. The van der Waals surface area contributed by atoms with E-state index in [1.165, 1.54) is 11.3 Å². The van der Waals surface area contributed by atoms with E-state index in [2.05, 4.69) is 5.32 Å². The molecule has 0 bridgehead atoms. The number of nitrogens with one attached hydrogen (secondary N) is 1. The van der Waals surface area contributed by atoms with Gasteiger partial charge < -0.3 is 10.4 Å². The van der Waals surface area contributed by atoms with Gasteiger partial charge in [-0.15, -0.1) is 11.3 Å². The average molecular weight is 245 g/mol. The molecule has 15 heavy (non-hydrogen) atoms. The molecule has 0 fully saturated rings. The van der Waals surface area contributed by atoms with Gasteiger partial charge in [-0.25, -0.2) is 0 Å². The van der Waals surface area contributed by atoms with Gasteiger partial charge in [-0.1, -0.05) is 6.07 Å². The van der Waals surface area contributed by atoms with Crippen molar-refractivity contribution in [3.05, 3.63) is 22.4 Å². The fourth-order valence-electron chi connectivity index (χ4n) is 1.00. The number of rotatable bonds is 7. The van der Waals surface area contributed by atoms with Crippen molar-refractivity contribution in [1.29, 1.82) is 0 Å². The Kier molecular flexibility index (Phi) is 6.47. The quantitative estimate of drug-likeness (QED) is 0.717. The summed E-state index contributed by atoms with van der Waals surface area (Å²) in [6.07, 6.45) is 0.823. The number of thiophene rings is 1. The van der Waals surface area contributed by atoms with E-state index in [1.54, 1.807) is 11.8 Å². The first-order valence-corrected chi connectivity index (χ1v) is 6.88. The molecule has 0 spiro atoms. The largest absolute Gasteiger partial charge is 0.396 e. The topological polar surface area (TPSA) is 49.3 Å². The van der Waals surface area contributed by atoms with Crippen LogP contribution in [-0.4, -0.2) is 35.7 Å². The number of hydrogen-bond donors (Lipinski definition) is 2. The van der Waals surface area contributed by atoms with Gasteiger partial charge in [-0.2, -0.15) is 11.8 Å². The van der Waals surface area contributed by atoms with Crippen LogP contribution in [0, 0.1) is 0 Å². The summed E-state index contributed by atoms with van der Waals surface area (Å²) in [6.45, 7) is 0.932. The normalized spacial score (nSPS) is 10.2. The maximum Gasteiger partial charge on any atom is 0.261 e. The molecule has 0 aliphatic rings. The van der Waals surface area contributed by atoms with Crippen LogP contribution >= 0.6 is 23.1 Å². The minimum absolute atomic E-state index is 0.00718. The summed E-state index contributed by atoms with van der Waals surface area (Å²) in [5.74, 6) is 1.86. The van der Waals surface area contributed by atoms with Gasteiger partial charge in [0.2, 0.25) is 0 Å². The summed E-state index contributed by atoms with van der Waals surface area (Å²) in [5.41, 5.74) is 0. The third-order valence-corrected chi connectivity index (χ3v) is 3.66. The van der Waals surface area contributed by atoms with Crippen molar-refractivity contribution >= 4 is 29.0 Å². The molecule has 0 aromatic carbocycles. The van der Waals surface area contributed by atoms with Crippen molar-refractivity contribution in [2.45, 2.75) is 6.42 Å². The second kappa shape index (κ2) is 7.73. The third-order valence-electron chi connectivity index (χ3n) is 1.72. The Hall–Kier alpha value is -0.520. The van der Waals surface area contributed by atoms with Gasteiger partial charge in [0.15, 0.2) is 0 Å². The first kappa shape index (κ1) is 12.5. The number of carbonyl (C=O) groups excluding carboxylic acids is 1. The standard InChI is InChI=1S/C10H15NO2S2/c12-5-2-6-14-8-4-11-10(13)9-3-1-7-15-9/h1,3,7,12H,2,4-6,8H2,(H,11,13). The van der Waals surface area contributed by atoms with E-state index in [0.717, 1.165) is 22.8 Å². The van der Waals surface area contributed by atoms with Crippen molar-refractivity contribution in [3.8, 4) is 0 Å². The second-order valence-electron chi connectivity index (χ2n) is 2.92. The highest BCUT2D eigenvalue weighted by Gasteiger charge is 2.04. The summed E-state index contributed by atoms with van der Waals surface area (Å²) in [4.78, 5) is 12.2. The van der Waals surface area contributed by atoms with Crippen molar-refractivity contribution < 1.29 is 9.90 Å². The smallest absolute Gasteiger partial charge is 0.261 e. The lowest BCUT2D eigenvalue weighted by Gasteiger charge is -2.02. The minimum Gasteiger partial charge on any atom is -0.396 e. The highest BCUT2D eigenvalue weighted by atomic mass is 32.2. The van der Waals surface area contributed by atoms with Crippen LogP contribution in [0.1, 0.15) is 16.1 Å². The molecule has 0 aliphatic heterocycles. The van der Waals surface area contributed by atoms with Crippen LogP contribution in [0.3, 0.4) is 0 Å². The number of hydrogen-bond acceptors (Lipinski definition) is 4. The zero-order valence-electron chi connectivity index (χ0n) is 8.44. The Morgan fingerprint density at radius 3 is 3.07 bits per heavy atom. The monoisotopic (exact) mass is 245 g/mol. The molecule has 84 valence electrons. The van der Waals surface area contributed by atoms with E-state index in [9.17, 15) is 4.79 Å². The summed E-state index contributed by atoms with van der Waals surface area (Å²) in [7, 11) is 0. The Bertz CT molecular complexity index is 275. The highest BCUT2D eigenvalue weighted by Crippen LogP contribution is 2.07. The molecule has 2 N–H and O–H groups in total. The molecule has 1 aromatic heterocycles. The maximum absolute atomic E-state index is 11.4. The molecule has 1 aromatic rings. The van der Waals surface area contributed by atoms with Gasteiger partial charge in [0.25, 0.3) is 5.91 Å². The van der Waals surface area contributed by atoms with Gasteiger partial charge >= 0.3 is 0 Å². The van der Waals surface area contributed by atoms with Crippen LogP contribution in [0.15, 0.2) is 17.5 Å². The summed E-state index contributed by atoms with van der Waals surface area (Å²) in [5, 5.41) is 13.3. The zero-order valence-corrected chi connectivity index (χ0v) is 10.1. The lowest BCUT2D eigenvalue weighted by Crippen LogP contribution is -2.24. The molecule has 1 heterocycles. The van der Waals surface area contributed by atoms with Gasteiger partial charge in [0.1, 0.15) is 0 Å². The Morgan fingerprint density at radius 1 is 1.53 bits per heavy atom. The number of amides is 1. The SMILES string of the molecule is O=C(NCCSCCCO)c1cccs1. The Balaban J connectivity index is 2.03. The van der Waals surface area contributed by atoms with Crippen molar-refractivity contribution in [1.82, 2.24) is 5.32 Å². The minimum atomic E-state index is 0.00718. The molecule has 0 atom stereocenters. The van der Waals surface area contributed by atoms with E-state index >= 15 is 0 Å². The van der Waals surface area contributed by atoms with Gasteiger partial charge in [0.05, 0.1) is 4.88 Å². The van der Waals surface area contributed by atoms with E-state index in [0.29, 0.717) is 6.54 Å². The summed E-state index contributed by atoms with van der Waals surface area (Å²) >= 11 is 3.20. The van der Waals surface area contributed by atoms with Crippen LogP contribution in [0.4, 0.5) is 0 Å². The maximum atomic E-state index is 11.4. The average Bonchev–Trinajstić information content (AvgIpc) is 2.76. The van der Waals surface area contributed by atoms with E-state index in [-0.39, 0.29) is 12.5 Å². The third kappa shape index (κ3) is 5.20. The van der Waals surface area contributed by atoms with Gasteiger partial charge in [0, 0.05) is 18.9 Å². The van der Waals surface area contributed by atoms with Crippen LogP contribution in [0.25, 0.3) is 0 Å². The first-order chi connectivity index (χ1) is 7.34. The van der Waals surface area contributed by atoms with Crippen molar-refractivity contribution in [2.75, 3.05) is 24.7 Å². The molecular weight excluding hydrogens is 230 g/mol. The molecule has 1 rings (SSSR count). The van der Waals surface area contributed by atoms with Crippen LogP contribution in [-0.2, 0) is 0 Å².